The maximum Gasteiger partial charge on any atom is 0.309 e. The van der Waals surface area contributed by atoms with E-state index >= 15 is 0 Å². The standard InChI is InChI=1S/C28H20N2.C14H11N.H2/c1-30-28(25-18-10-4-11-19-25,26-20-12-5-13-21-26)27(22-29,23-14-6-2-7-15-23)24-16-8-3-9-17-24;15-11-14(12-7-3-1-4-8-12)13-9-5-2-6-10-13;/h2-21H;1-10,14H;1H/i;;1+1. The number of nitrogens with zero attached hydrogens (tertiary/aromatic N) is 3. The predicted octanol–water partition coefficient (Wildman–Crippen LogP) is 9.95. The second-order valence-corrected chi connectivity index (χ2v) is 10.5. The molecule has 216 valence electrons. The highest BCUT2D eigenvalue weighted by molar-refractivity contribution is 5.61. The van der Waals surface area contributed by atoms with Crippen molar-refractivity contribution in [2.24, 2.45) is 0 Å². The molecule has 0 aromatic heterocycles. The molecular formula is C42H33N3. The van der Waals surface area contributed by atoms with Crippen LogP contribution in [0, 0.1) is 29.2 Å². The third kappa shape index (κ3) is 5.87. The lowest BCUT2D eigenvalue weighted by molar-refractivity contribution is 0.455. The molecular weight excluding hydrogens is 546 g/mol. The van der Waals surface area contributed by atoms with Gasteiger partial charge in [-0.2, -0.15) is 10.5 Å². The molecule has 0 heterocycles. The molecule has 0 atom stereocenters. The molecule has 0 aliphatic carbocycles. The summed E-state index contributed by atoms with van der Waals surface area (Å²) in [5.41, 5.74) is 2.75. The first-order chi connectivity index (χ1) is 22.2. The van der Waals surface area contributed by atoms with E-state index in [1.165, 1.54) is 0 Å². The van der Waals surface area contributed by atoms with Crippen molar-refractivity contribution in [2.75, 3.05) is 0 Å². The SMILES string of the molecule is N#CC(c1ccccc1)c1ccccc1.[2HH].[C-]#[N+]C(c1ccccc1)(c1ccccc1)C(C#N)(c1ccccc1)c1ccccc1. The van der Waals surface area contributed by atoms with E-state index in [1.54, 1.807) is 0 Å². The van der Waals surface area contributed by atoms with Crippen molar-refractivity contribution in [3.63, 3.8) is 0 Å². The lowest BCUT2D eigenvalue weighted by Gasteiger charge is -2.39. The maximum absolute atomic E-state index is 10.9. The quantitative estimate of drug-likeness (QED) is 0.176. The van der Waals surface area contributed by atoms with Crippen LogP contribution < -0.4 is 0 Å². The summed E-state index contributed by atoms with van der Waals surface area (Å²) >= 11 is 0. The van der Waals surface area contributed by atoms with E-state index in [9.17, 15) is 10.5 Å². The van der Waals surface area contributed by atoms with E-state index < -0.39 is 11.0 Å². The second-order valence-electron chi connectivity index (χ2n) is 10.5. The van der Waals surface area contributed by atoms with Crippen molar-refractivity contribution in [2.45, 2.75) is 16.9 Å². The number of benzene rings is 6. The van der Waals surface area contributed by atoms with Crippen molar-refractivity contribution in [3.05, 3.63) is 227 Å². The molecule has 3 heteroatoms. The van der Waals surface area contributed by atoms with E-state index in [1.807, 2.05) is 182 Å². The van der Waals surface area contributed by atoms with Crippen molar-refractivity contribution in [1.29, 1.82) is 10.5 Å². The zero-order valence-corrected chi connectivity index (χ0v) is 24.7. The predicted molar refractivity (Wildman–Crippen MR) is 182 cm³/mol. The van der Waals surface area contributed by atoms with Crippen LogP contribution in [0.2, 0.25) is 0 Å². The molecule has 6 aromatic carbocycles. The lowest BCUT2D eigenvalue weighted by Crippen LogP contribution is -2.48. The third-order valence-corrected chi connectivity index (χ3v) is 8.07. The van der Waals surface area contributed by atoms with Gasteiger partial charge >= 0.3 is 5.54 Å². The summed E-state index contributed by atoms with van der Waals surface area (Å²) in [7, 11) is 0. The average Bonchev–Trinajstić information content (AvgIpc) is 3.14. The van der Waals surface area contributed by atoms with Gasteiger partial charge in [-0.25, -0.2) is 6.57 Å². The van der Waals surface area contributed by atoms with E-state index in [2.05, 4.69) is 17.0 Å². The van der Waals surface area contributed by atoms with Crippen molar-refractivity contribution < 1.29 is 1.43 Å². The van der Waals surface area contributed by atoms with Crippen LogP contribution in [0.4, 0.5) is 0 Å². The van der Waals surface area contributed by atoms with Crippen LogP contribution in [0.3, 0.4) is 0 Å². The highest BCUT2D eigenvalue weighted by Gasteiger charge is 2.63. The smallest absolute Gasteiger partial charge is 0.297 e. The van der Waals surface area contributed by atoms with Gasteiger partial charge in [0.1, 0.15) is 0 Å². The molecule has 0 N–H and O–H groups in total. The van der Waals surface area contributed by atoms with Gasteiger partial charge in [0.2, 0.25) is 0 Å². The second kappa shape index (κ2) is 14.3. The van der Waals surface area contributed by atoms with Gasteiger partial charge in [0, 0.05) is 12.6 Å². The monoisotopic (exact) mass is 580 g/mol. The van der Waals surface area contributed by atoms with Crippen LogP contribution in [0.1, 0.15) is 40.7 Å². The van der Waals surface area contributed by atoms with Crippen LogP contribution in [0.5, 0.6) is 0 Å². The fourth-order valence-electron chi connectivity index (χ4n) is 5.97. The number of hydrogen-bond donors (Lipinski definition) is 0. The Hall–Kier alpha value is -6.21. The number of nitriles is 2. The zero-order valence-electron chi connectivity index (χ0n) is 24.7. The molecule has 0 amide bonds. The Morgan fingerprint density at radius 2 is 0.756 bits per heavy atom. The Morgan fingerprint density at radius 1 is 0.467 bits per heavy atom. The molecule has 0 bridgehead atoms. The Kier molecular flexibility index (Phi) is 9.62. The van der Waals surface area contributed by atoms with Crippen LogP contribution in [0.25, 0.3) is 4.85 Å². The van der Waals surface area contributed by atoms with Crippen LogP contribution in [0.15, 0.2) is 182 Å². The molecule has 45 heavy (non-hydrogen) atoms. The first-order valence-electron chi connectivity index (χ1n) is 14.7. The Balaban J connectivity index is 0.000000253. The van der Waals surface area contributed by atoms with Crippen LogP contribution >= 0.6 is 0 Å². The minimum absolute atomic E-state index is 0. The first-order valence-corrected chi connectivity index (χ1v) is 14.7. The molecule has 0 aliphatic heterocycles. The van der Waals surface area contributed by atoms with E-state index in [4.69, 9.17) is 6.57 Å². The molecule has 0 saturated heterocycles. The molecule has 0 saturated carbocycles. The van der Waals surface area contributed by atoms with Gasteiger partial charge in [0.05, 0.1) is 18.1 Å². The molecule has 6 rings (SSSR count). The minimum atomic E-state index is -1.27. The van der Waals surface area contributed by atoms with Gasteiger partial charge < -0.3 is 0 Å². The molecule has 0 aliphatic rings. The highest BCUT2D eigenvalue weighted by atomic mass is 14.9. The Labute approximate surface area is 267 Å². The minimum Gasteiger partial charge on any atom is -0.297 e. The van der Waals surface area contributed by atoms with E-state index in [-0.39, 0.29) is 7.34 Å². The summed E-state index contributed by atoms with van der Waals surface area (Å²) in [6, 6.07) is 63.4. The van der Waals surface area contributed by atoms with Gasteiger partial charge in [-0.3, -0.25) is 4.85 Å². The maximum atomic E-state index is 10.9. The molecule has 0 spiro atoms. The lowest BCUT2D eigenvalue weighted by atomic mass is 9.57. The highest BCUT2D eigenvalue weighted by Crippen LogP contribution is 2.53. The van der Waals surface area contributed by atoms with Gasteiger partial charge in [-0.05, 0) is 22.3 Å². The zero-order chi connectivity index (χ0) is 31.4. The van der Waals surface area contributed by atoms with Gasteiger partial charge in [-0.15, -0.1) is 0 Å². The van der Waals surface area contributed by atoms with Gasteiger partial charge in [-0.1, -0.05) is 182 Å². The first kappa shape index (κ1) is 30.3. The van der Waals surface area contributed by atoms with Crippen molar-refractivity contribution >= 4 is 0 Å². The molecule has 0 fully saturated rings. The number of hydrogen-bond acceptors (Lipinski definition) is 2. The number of rotatable bonds is 7. The summed E-state index contributed by atoms with van der Waals surface area (Å²) in [5.74, 6) is -0.160. The molecule has 0 unspecified atom stereocenters. The molecule has 3 nitrogen and oxygen atoms in total. The van der Waals surface area contributed by atoms with Gasteiger partial charge in [0.25, 0.3) is 0 Å². The summed E-state index contributed by atoms with van der Waals surface area (Å²) in [4.78, 5) is 4.28. The van der Waals surface area contributed by atoms with Crippen molar-refractivity contribution in [1.82, 2.24) is 0 Å². The van der Waals surface area contributed by atoms with E-state index in [0.717, 1.165) is 33.4 Å². The normalized spacial score (nSPS) is 10.8. The summed E-state index contributed by atoms with van der Waals surface area (Å²) in [6.45, 7) is 8.51. The topological polar surface area (TPSA) is 51.9 Å². The van der Waals surface area contributed by atoms with Crippen LogP contribution in [-0.4, -0.2) is 0 Å². The fourth-order valence-corrected chi connectivity index (χ4v) is 5.97. The third-order valence-electron chi connectivity index (χ3n) is 8.07. The Morgan fingerprint density at radius 3 is 1.02 bits per heavy atom. The van der Waals surface area contributed by atoms with E-state index in [0.29, 0.717) is 0 Å². The summed E-state index contributed by atoms with van der Waals surface area (Å²) < 4.78 is 0. The fraction of sp³-hybridized carbons (Fsp3) is 0.0714. The molecule has 6 aromatic rings. The molecule has 0 radical (unpaired) electrons. The average molecular weight is 581 g/mol. The van der Waals surface area contributed by atoms with Crippen molar-refractivity contribution in [3.8, 4) is 12.1 Å². The Bertz CT molecular complexity index is 1690. The van der Waals surface area contributed by atoms with Gasteiger partial charge in [0.15, 0.2) is 5.41 Å². The summed E-state index contributed by atoms with van der Waals surface area (Å²) in [6.07, 6.45) is 0. The van der Waals surface area contributed by atoms with Crippen LogP contribution in [-0.2, 0) is 11.0 Å². The largest absolute Gasteiger partial charge is 0.309 e. The summed E-state index contributed by atoms with van der Waals surface area (Å²) in [5, 5.41) is 20.1.